The zero-order chi connectivity index (χ0) is 13.8. The fourth-order valence-electron chi connectivity index (χ4n) is 2.64. The number of carbonyl (C=O) groups is 1. The number of ketones is 1. The van der Waals surface area contributed by atoms with Crippen LogP contribution in [0, 0.1) is 21.8 Å². The molecular weight excluding hydrogens is 249 g/mol. The van der Waals surface area contributed by atoms with Crippen LogP contribution in [0.1, 0.15) is 37.7 Å². The predicted octanol–water partition coefficient (Wildman–Crippen LogP) is 3.43. The van der Waals surface area contributed by atoms with Gasteiger partial charge in [0.05, 0.1) is 4.92 Å². The van der Waals surface area contributed by atoms with Gasteiger partial charge in [0.25, 0.3) is 5.69 Å². The minimum atomic E-state index is -0.533. The molecule has 0 bridgehead atoms. The van der Waals surface area contributed by atoms with Crippen LogP contribution in [0.3, 0.4) is 0 Å². The highest BCUT2D eigenvalue weighted by molar-refractivity contribution is 5.81. The van der Waals surface area contributed by atoms with E-state index in [1.807, 2.05) is 0 Å². The van der Waals surface area contributed by atoms with Gasteiger partial charge in [0.2, 0.25) is 0 Å². The number of nitrogens with zero attached hydrogens (tertiary/aromatic N) is 1. The second-order valence-corrected chi connectivity index (χ2v) is 4.98. The Hall–Kier alpha value is -1.78. The van der Waals surface area contributed by atoms with E-state index in [4.69, 9.17) is 0 Å². The Morgan fingerprint density at radius 1 is 1.37 bits per heavy atom. The van der Waals surface area contributed by atoms with Crippen LogP contribution in [0.2, 0.25) is 0 Å². The topological polar surface area (TPSA) is 60.2 Å². The fourth-order valence-corrected chi connectivity index (χ4v) is 2.64. The summed E-state index contributed by atoms with van der Waals surface area (Å²) in [4.78, 5) is 22.2. The molecule has 0 atom stereocenters. The molecule has 0 N–H and O–H groups in total. The summed E-state index contributed by atoms with van der Waals surface area (Å²) >= 11 is 0. The van der Waals surface area contributed by atoms with E-state index in [0.29, 0.717) is 5.56 Å². The molecule has 1 fully saturated rings. The number of aryl methyl sites for hydroxylation is 1. The van der Waals surface area contributed by atoms with Crippen LogP contribution in [0.15, 0.2) is 18.2 Å². The van der Waals surface area contributed by atoms with Crippen LogP contribution in [0.5, 0.6) is 0 Å². The van der Waals surface area contributed by atoms with Crippen LogP contribution < -0.4 is 0 Å². The molecule has 1 aromatic rings. The third kappa shape index (κ3) is 3.36. The molecule has 0 spiro atoms. The molecule has 0 aliphatic heterocycles. The maximum atomic E-state index is 13.1. The minimum absolute atomic E-state index is 0.104. The molecule has 0 radical (unpaired) electrons. The van der Waals surface area contributed by atoms with Gasteiger partial charge in [-0.2, -0.15) is 0 Å². The van der Waals surface area contributed by atoms with Crippen molar-refractivity contribution >= 4 is 11.5 Å². The smallest absolute Gasteiger partial charge is 0.272 e. The molecule has 1 aromatic carbocycles. The molecule has 5 heteroatoms. The third-order valence-electron chi connectivity index (χ3n) is 3.69. The van der Waals surface area contributed by atoms with Crippen molar-refractivity contribution in [3.05, 3.63) is 39.7 Å². The van der Waals surface area contributed by atoms with Gasteiger partial charge >= 0.3 is 0 Å². The van der Waals surface area contributed by atoms with E-state index in [1.54, 1.807) is 0 Å². The van der Waals surface area contributed by atoms with Crippen molar-refractivity contribution in [1.82, 2.24) is 0 Å². The van der Waals surface area contributed by atoms with Crippen LogP contribution >= 0.6 is 0 Å². The van der Waals surface area contributed by atoms with E-state index in [9.17, 15) is 19.3 Å². The molecule has 2 rings (SSSR count). The number of Topliss-reactive ketones (excluding diaryl/α,β-unsaturated/α-hetero) is 1. The Kier molecular flexibility index (Phi) is 4.24. The predicted molar refractivity (Wildman–Crippen MR) is 68.3 cm³/mol. The molecule has 1 aliphatic carbocycles. The number of carbonyl (C=O) groups excluding carboxylic acids is 1. The molecule has 102 valence electrons. The largest absolute Gasteiger partial charge is 0.299 e. The number of nitro groups is 1. The summed E-state index contributed by atoms with van der Waals surface area (Å²) in [7, 11) is 0. The Labute approximate surface area is 110 Å². The monoisotopic (exact) mass is 265 g/mol. The van der Waals surface area contributed by atoms with Gasteiger partial charge < -0.3 is 0 Å². The van der Waals surface area contributed by atoms with Gasteiger partial charge in [0, 0.05) is 24.0 Å². The zero-order valence-corrected chi connectivity index (χ0v) is 10.6. The molecule has 0 heterocycles. The quantitative estimate of drug-likeness (QED) is 0.605. The maximum Gasteiger partial charge on any atom is 0.272 e. The van der Waals surface area contributed by atoms with Crippen LogP contribution in [-0.2, 0) is 11.2 Å². The first kappa shape index (κ1) is 13.6. The summed E-state index contributed by atoms with van der Waals surface area (Å²) in [6, 6.07) is 3.38. The van der Waals surface area contributed by atoms with E-state index in [-0.39, 0.29) is 30.2 Å². The lowest BCUT2D eigenvalue weighted by molar-refractivity contribution is -0.385. The Balaban J connectivity index is 2.04. The van der Waals surface area contributed by atoms with Gasteiger partial charge in [-0.15, -0.1) is 0 Å². The number of hydrogen-bond acceptors (Lipinski definition) is 3. The van der Waals surface area contributed by atoms with Crippen molar-refractivity contribution in [3.8, 4) is 0 Å². The van der Waals surface area contributed by atoms with E-state index >= 15 is 0 Å². The Bertz CT molecular complexity index is 495. The molecule has 0 unspecified atom stereocenters. The number of halogens is 1. The highest BCUT2D eigenvalue weighted by atomic mass is 19.1. The Morgan fingerprint density at radius 3 is 2.68 bits per heavy atom. The molecule has 19 heavy (non-hydrogen) atoms. The maximum absolute atomic E-state index is 13.1. The summed E-state index contributed by atoms with van der Waals surface area (Å²) < 4.78 is 13.1. The van der Waals surface area contributed by atoms with E-state index < -0.39 is 10.7 Å². The summed E-state index contributed by atoms with van der Waals surface area (Å²) in [5.74, 6) is -0.252. The first-order chi connectivity index (χ1) is 9.08. The second kappa shape index (κ2) is 5.91. The average Bonchev–Trinajstić information content (AvgIpc) is 2.89. The van der Waals surface area contributed by atoms with Crippen LogP contribution in [-0.4, -0.2) is 10.7 Å². The van der Waals surface area contributed by atoms with Gasteiger partial charge in [-0.1, -0.05) is 12.8 Å². The van der Waals surface area contributed by atoms with Crippen molar-refractivity contribution in [2.45, 2.75) is 38.5 Å². The van der Waals surface area contributed by atoms with Crippen molar-refractivity contribution in [2.24, 2.45) is 5.92 Å². The van der Waals surface area contributed by atoms with E-state index in [0.717, 1.165) is 43.9 Å². The molecule has 1 aliphatic rings. The second-order valence-electron chi connectivity index (χ2n) is 4.98. The van der Waals surface area contributed by atoms with E-state index in [1.165, 1.54) is 0 Å². The number of hydrogen-bond donors (Lipinski definition) is 0. The molecular formula is C14H16FNO3. The lowest BCUT2D eigenvalue weighted by atomic mass is 9.96. The molecule has 0 aromatic heterocycles. The first-order valence-electron chi connectivity index (χ1n) is 6.53. The average molecular weight is 265 g/mol. The first-order valence-corrected chi connectivity index (χ1v) is 6.53. The van der Waals surface area contributed by atoms with Gasteiger partial charge in [0.1, 0.15) is 11.6 Å². The SMILES string of the molecule is O=C(CCc1cc(F)ccc1[N+](=O)[O-])C1CCCC1. The highest BCUT2D eigenvalue weighted by Crippen LogP contribution is 2.28. The highest BCUT2D eigenvalue weighted by Gasteiger charge is 2.23. The normalized spacial score (nSPS) is 15.6. The summed E-state index contributed by atoms with van der Waals surface area (Å²) in [5.41, 5.74) is 0.192. The summed E-state index contributed by atoms with van der Waals surface area (Å²) in [6.45, 7) is 0. The van der Waals surface area contributed by atoms with Crippen molar-refractivity contribution in [3.63, 3.8) is 0 Å². The molecule has 4 nitrogen and oxygen atoms in total. The van der Waals surface area contributed by atoms with Gasteiger partial charge in [-0.3, -0.25) is 14.9 Å². The lowest BCUT2D eigenvalue weighted by Gasteiger charge is -2.08. The summed E-state index contributed by atoms with van der Waals surface area (Å²) in [6.07, 6.45) is 4.50. The molecule has 0 amide bonds. The van der Waals surface area contributed by atoms with Crippen LogP contribution in [0.25, 0.3) is 0 Å². The van der Waals surface area contributed by atoms with Crippen molar-refractivity contribution in [2.75, 3.05) is 0 Å². The van der Waals surface area contributed by atoms with Crippen molar-refractivity contribution in [1.29, 1.82) is 0 Å². The van der Waals surface area contributed by atoms with Gasteiger partial charge in [-0.25, -0.2) is 4.39 Å². The minimum Gasteiger partial charge on any atom is -0.299 e. The standard InChI is InChI=1S/C14H16FNO3/c15-12-6-7-13(16(18)19)11(9-12)5-8-14(17)10-3-1-2-4-10/h6-7,9-10H,1-5,8H2. The number of nitro benzene ring substituents is 1. The number of rotatable bonds is 5. The Morgan fingerprint density at radius 2 is 2.05 bits per heavy atom. The van der Waals surface area contributed by atoms with Gasteiger partial charge in [-0.05, 0) is 31.4 Å². The van der Waals surface area contributed by atoms with Gasteiger partial charge in [0.15, 0.2) is 0 Å². The third-order valence-corrected chi connectivity index (χ3v) is 3.69. The van der Waals surface area contributed by atoms with Crippen LogP contribution in [0.4, 0.5) is 10.1 Å². The fraction of sp³-hybridized carbons (Fsp3) is 0.500. The summed E-state index contributed by atoms with van der Waals surface area (Å²) in [5, 5.41) is 10.8. The van der Waals surface area contributed by atoms with E-state index in [2.05, 4.69) is 0 Å². The number of benzene rings is 1. The lowest BCUT2D eigenvalue weighted by Crippen LogP contribution is -2.12. The molecule has 1 saturated carbocycles. The zero-order valence-electron chi connectivity index (χ0n) is 10.6. The molecule has 0 saturated heterocycles. The van der Waals surface area contributed by atoms with Crippen molar-refractivity contribution < 1.29 is 14.1 Å².